The van der Waals surface area contributed by atoms with Crippen LogP contribution in [-0.4, -0.2) is 26.4 Å². The Morgan fingerprint density at radius 2 is 1.86 bits per heavy atom. The van der Waals surface area contributed by atoms with E-state index < -0.39 is 22.5 Å². The van der Waals surface area contributed by atoms with Crippen molar-refractivity contribution in [2.75, 3.05) is 0 Å². The van der Waals surface area contributed by atoms with Gasteiger partial charge < -0.3 is 5.32 Å². The van der Waals surface area contributed by atoms with Gasteiger partial charge in [0.05, 0.1) is 22.4 Å². The Morgan fingerprint density at radius 3 is 2.62 bits per heavy atom. The third-order valence-electron chi connectivity index (χ3n) is 5.98. The number of rotatable bonds is 7. The Morgan fingerprint density at radius 1 is 1.11 bits per heavy atom. The predicted octanol–water partition coefficient (Wildman–Crippen LogP) is 4.69. The molecular weight excluding hydrogens is 490 g/mol. The van der Waals surface area contributed by atoms with E-state index in [2.05, 4.69) is 10.4 Å². The first-order valence-corrected chi connectivity index (χ1v) is 12.3. The van der Waals surface area contributed by atoms with Gasteiger partial charge in [0.1, 0.15) is 5.69 Å². The fourth-order valence-electron chi connectivity index (χ4n) is 4.19. The number of aromatic nitrogens is 2. The number of nitrogens with one attached hydrogen (secondary N) is 1. The van der Waals surface area contributed by atoms with Crippen LogP contribution in [0, 0.1) is 27.4 Å². The molecule has 4 aromatic rings. The number of ketones is 1. The van der Waals surface area contributed by atoms with Crippen LogP contribution >= 0.6 is 11.8 Å². The summed E-state index contributed by atoms with van der Waals surface area (Å²) < 4.78 is 1.49. The van der Waals surface area contributed by atoms with Crippen LogP contribution in [0.15, 0.2) is 83.8 Å². The van der Waals surface area contributed by atoms with Gasteiger partial charge in [-0.1, -0.05) is 54.6 Å². The molecule has 2 heterocycles. The van der Waals surface area contributed by atoms with E-state index in [1.54, 1.807) is 12.1 Å². The van der Waals surface area contributed by atoms with Crippen molar-refractivity contribution < 1.29 is 14.5 Å². The lowest BCUT2D eigenvalue weighted by atomic mass is 9.97. The summed E-state index contributed by atoms with van der Waals surface area (Å²) in [6, 6.07) is 24.5. The maximum absolute atomic E-state index is 13.6. The van der Waals surface area contributed by atoms with E-state index in [0.29, 0.717) is 22.7 Å². The molecule has 1 aliphatic heterocycles. The molecule has 1 unspecified atom stereocenters. The summed E-state index contributed by atoms with van der Waals surface area (Å²) in [5, 5.41) is 28.3. The van der Waals surface area contributed by atoms with E-state index in [9.17, 15) is 25.0 Å². The first kappa shape index (κ1) is 24.0. The van der Waals surface area contributed by atoms with E-state index in [0.717, 1.165) is 16.0 Å². The van der Waals surface area contributed by atoms with Gasteiger partial charge >= 0.3 is 0 Å². The number of carbonyl (C=O) groups is 2. The molecule has 3 aromatic carbocycles. The molecule has 1 amide bonds. The van der Waals surface area contributed by atoms with Crippen molar-refractivity contribution >= 4 is 29.1 Å². The second kappa shape index (κ2) is 10.1. The summed E-state index contributed by atoms with van der Waals surface area (Å²) in [5.41, 5.74) is 3.12. The third-order valence-corrected chi connectivity index (χ3v) is 7.08. The first-order valence-electron chi connectivity index (χ1n) is 11.3. The zero-order valence-electron chi connectivity index (χ0n) is 19.3. The highest BCUT2D eigenvalue weighted by molar-refractivity contribution is 7.98. The van der Waals surface area contributed by atoms with E-state index >= 15 is 0 Å². The van der Waals surface area contributed by atoms with Crippen LogP contribution in [0.25, 0.3) is 16.9 Å². The van der Waals surface area contributed by atoms with Gasteiger partial charge in [-0.15, -0.1) is 11.8 Å². The Balaban J connectivity index is 1.56. The largest absolute Gasteiger partial charge is 0.350 e. The van der Waals surface area contributed by atoms with Crippen molar-refractivity contribution in [1.82, 2.24) is 15.1 Å². The number of hydrogen-bond acceptors (Lipinski definition) is 7. The van der Waals surface area contributed by atoms with Crippen molar-refractivity contribution in [3.05, 3.63) is 106 Å². The van der Waals surface area contributed by atoms with Crippen molar-refractivity contribution in [3.8, 4) is 23.0 Å². The second-order valence-corrected chi connectivity index (χ2v) is 9.30. The number of carbonyl (C=O) groups excluding carboxylic acids is 2. The number of non-ortho nitro benzene ring substituents is 1. The highest BCUT2D eigenvalue weighted by Crippen LogP contribution is 2.44. The summed E-state index contributed by atoms with van der Waals surface area (Å²) in [6.45, 7) is 0.175. The lowest BCUT2D eigenvalue weighted by Crippen LogP contribution is -2.34. The number of Topliss-reactive ketones (excluding diaryl/α,β-unsaturated/α-hetero) is 1. The van der Waals surface area contributed by atoms with Gasteiger partial charge in [0.2, 0.25) is 11.7 Å². The molecule has 5 rings (SSSR count). The summed E-state index contributed by atoms with van der Waals surface area (Å²) in [6.07, 6.45) is 0. The molecule has 37 heavy (non-hydrogen) atoms. The lowest BCUT2D eigenvalue weighted by molar-refractivity contribution is -0.384. The van der Waals surface area contributed by atoms with E-state index in [-0.39, 0.29) is 17.9 Å². The van der Waals surface area contributed by atoms with Crippen molar-refractivity contribution in [2.45, 2.75) is 17.2 Å². The monoisotopic (exact) mass is 509 g/mol. The Labute approximate surface area is 215 Å². The number of nitro groups is 1. The summed E-state index contributed by atoms with van der Waals surface area (Å²) in [5.74, 6) is -2.62. The number of amides is 1. The zero-order valence-corrected chi connectivity index (χ0v) is 20.1. The molecule has 0 aliphatic carbocycles. The van der Waals surface area contributed by atoms with E-state index in [1.807, 2.05) is 60.7 Å². The maximum Gasteiger partial charge on any atom is 0.271 e. The van der Waals surface area contributed by atoms with Crippen molar-refractivity contribution in [2.24, 2.45) is 5.92 Å². The summed E-state index contributed by atoms with van der Waals surface area (Å²) >= 11 is 1.52. The SMILES string of the molecule is N#CC(C(=O)NCc1ccccc1)C(=O)c1nn(-c2cccc([N+](=O)[O-])c2)c2c1CSc1ccccc1-2. The quantitative estimate of drug-likeness (QED) is 0.165. The Hall–Kier alpha value is -4.75. The minimum atomic E-state index is -1.59. The fraction of sp³-hybridized carbons (Fsp3) is 0.111. The molecule has 10 heteroatoms. The molecular formula is C27H19N5O4S. The second-order valence-electron chi connectivity index (χ2n) is 8.28. The molecule has 182 valence electrons. The molecule has 0 saturated carbocycles. The molecule has 0 bridgehead atoms. The smallest absolute Gasteiger partial charge is 0.271 e. The molecule has 1 N–H and O–H groups in total. The predicted molar refractivity (Wildman–Crippen MR) is 137 cm³/mol. The molecule has 1 aromatic heterocycles. The molecule has 9 nitrogen and oxygen atoms in total. The highest BCUT2D eigenvalue weighted by Gasteiger charge is 2.35. The highest BCUT2D eigenvalue weighted by atomic mass is 32.2. The van der Waals surface area contributed by atoms with Crippen LogP contribution in [0.3, 0.4) is 0 Å². The molecule has 0 spiro atoms. The average molecular weight is 510 g/mol. The zero-order chi connectivity index (χ0) is 25.9. The molecule has 0 fully saturated rings. The van der Waals surface area contributed by atoms with Gasteiger partial charge in [0, 0.05) is 40.5 Å². The van der Waals surface area contributed by atoms with Crippen molar-refractivity contribution in [3.63, 3.8) is 0 Å². The third kappa shape index (κ3) is 4.60. The maximum atomic E-state index is 13.6. The van der Waals surface area contributed by atoms with Gasteiger partial charge in [-0.05, 0) is 17.7 Å². The average Bonchev–Trinajstić information content (AvgIpc) is 3.33. The lowest BCUT2D eigenvalue weighted by Gasteiger charge is -2.18. The van der Waals surface area contributed by atoms with Crippen LogP contribution in [0.4, 0.5) is 5.69 Å². The number of fused-ring (bicyclic) bond motifs is 3. The molecule has 1 aliphatic rings. The number of nitrogens with zero attached hydrogens (tertiary/aromatic N) is 4. The summed E-state index contributed by atoms with van der Waals surface area (Å²) in [7, 11) is 0. The van der Waals surface area contributed by atoms with Gasteiger partial charge in [-0.3, -0.25) is 19.7 Å². The Bertz CT molecular complexity index is 1580. The minimum absolute atomic E-state index is 0.00456. The van der Waals surface area contributed by atoms with Crippen LogP contribution in [0.5, 0.6) is 0 Å². The number of nitro benzene ring substituents is 1. The minimum Gasteiger partial charge on any atom is -0.350 e. The Kier molecular flexibility index (Phi) is 6.53. The number of thioether (sulfide) groups is 1. The van der Waals surface area contributed by atoms with Crippen molar-refractivity contribution in [1.29, 1.82) is 5.26 Å². The number of benzene rings is 3. The van der Waals surface area contributed by atoms with Crippen LogP contribution in [-0.2, 0) is 17.1 Å². The van der Waals surface area contributed by atoms with Gasteiger partial charge in [0.25, 0.3) is 5.69 Å². The normalized spacial score (nSPS) is 12.5. The van der Waals surface area contributed by atoms with Crippen LogP contribution in [0.2, 0.25) is 0 Å². The van der Waals surface area contributed by atoms with Crippen LogP contribution < -0.4 is 5.32 Å². The summed E-state index contributed by atoms with van der Waals surface area (Å²) in [4.78, 5) is 38.3. The topological polar surface area (TPSA) is 131 Å². The van der Waals surface area contributed by atoms with Gasteiger partial charge in [-0.2, -0.15) is 10.4 Å². The number of nitriles is 1. The number of hydrogen-bond donors (Lipinski definition) is 1. The molecule has 0 saturated heterocycles. The molecule has 1 atom stereocenters. The van der Waals surface area contributed by atoms with Gasteiger partial charge in [-0.25, -0.2) is 4.68 Å². The fourth-order valence-corrected chi connectivity index (χ4v) is 5.25. The van der Waals surface area contributed by atoms with Gasteiger partial charge in [0.15, 0.2) is 5.92 Å². The van der Waals surface area contributed by atoms with E-state index in [1.165, 1.54) is 28.6 Å². The molecule has 0 radical (unpaired) electrons. The standard InChI is InChI=1S/C27H19N5O4S/c28-14-21(27(34)29-15-17-7-2-1-3-8-17)26(33)24-22-16-37-23-12-5-4-11-20(23)25(22)31(30-24)18-9-6-10-19(13-18)32(35)36/h1-13,21H,15-16H2,(H,29,34). The van der Waals surface area contributed by atoms with Crippen LogP contribution in [0.1, 0.15) is 21.6 Å². The first-order chi connectivity index (χ1) is 18.0. The van der Waals surface area contributed by atoms with E-state index in [4.69, 9.17) is 0 Å².